The van der Waals surface area contributed by atoms with Crippen LogP contribution in [0.5, 0.6) is 0 Å². The quantitative estimate of drug-likeness (QED) is 0.0348. The van der Waals surface area contributed by atoms with E-state index in [1.807, 2.05) is 0 Å². The third-order valence-corrected chi connectivity index (χ3v) is 11.5. The van der Waals surface area contributed by atoms with Crippen LogP contribution in [-0.4, -0.2) is 37.9 Å². The molecular weight excluding hydrogens is 717 g/mol. The summed E-state index contributed by atoms with van der Waals surface area (Å²) >= 11 is 0. The van der Waals surface area contributed by atoms with Gasteiger partial charge in [0.1, 0.15) is 6.61 Å². The van der Waals surface area contributed by atoms with Crippen LogP contribution < -0.4 is 0 Å². The molecule has 1 unspecified atom stereocenters. The Bertz CT molecular complexity index is 882. The first-order chi connectivity index (χ1) is 28.6. The molecule has 0 heterocycles. The van der Waals surface area contributed by atoms with Crippen LogP contribution in [0.2, 0.25) is 0 Å². The number of hydrogen-bond acceptors (Lipinski definition) is 5. The van der Waals surface area contributed by atoms with Crippen LogP contribution in [0.1, 0.15) is 278 Å². The maximum Gasteiger partial charge on any atom is 0.306 e. The van der Waals surface area contributed by atoms with Crippen molar-refractivity contribution in [2.75, 3.05) is 19.8 Å². The van der Waals surface area contributed by atoms with Gasteiger partial charge in [0.25, 0.3) is 0 Å². The number of carbonyl (C=O) groups is 2. The molecule has 0 aliphatic rings. The fourth-order valence-electron chi connectivity index (χ4n) is 7.55. The molecule has 0 saturated carbocycles. The molecule has 0 N–H and O–H groups in total. The first-order valence-electron chi connectivity index (χ1n) is 25.9. The molecule has 0 amide bonds. The zero-order valence-corrected chi connectivity index (χ0v) is 39.3. The standard InChI is InChI=1S/C53H100O5/c1-4-7-10-13-16-19-22-24-25-26-27-28-29-30-32-34-37-40-43-46-52(54)57-50-51(49-56-48-45-42-39-36-33-23-20-17-14-11-8-5-2)58-53(55)47-44-41-38-35-31-21-18-15-12-9-6-3/h14,17,24-25,51H,4-13,15-16,18-23,26-50H2,1-3H3/b17-14-,25-24-. The van der Waals surface area contributed by atoms with E-state index in [4.69, 9.17) is 14.2 Å². The molecule has 0 rings (SSSR count). The maximum absolute atomic E-state index is 12.7. The van der Waals surface area contributed by atoms with E-state index in [0.29, 0.717) is 19.4 Å². The molecular formula is C53H100O5. The van der Waals surface area contributed by atoms with Gasteiger partial charge in [-0.2, -0.15) is 0 Å². The molecule has 0 fully saturated rings. The zero-order valence-electron chi connectivity index (χ0n) is 39.3. The van der Waals surface area contributed by atoms with Crippen LogP contribution in [0.25, 0.3) is 0 Å². The Hall–Kier alpha value is -1.62. The van der Waals surface area contributed by atoms with Gasteiger partial charge >= 0.3 is 11.9 Å². The van der Waals surface area contributed by atoms with Gasteiger partial charge in [-0.1, -0.05) is 225 Å². The fourth-order valence-corrected chi connectivity index (χ4v) is 7.55. The normalized spacial score (nSPS) is 12.3. The molecule has 1 atom stereocenters. The van der Waals surface area contributed by atoms with Gasteiger partial charge in [-0.3, -0.25) is 9.59 Å². The summed E-state index contributed by atoms with van der Waals surface area (Å²) < 4.78 is 17.4. The number of rotatable bonds is 48. The van der Waals surface area contributed by atoms with Crippen molar-refractivity contribution < 1.29 is 23.8 Å². The Balaban J connectivity index is 4.16. The zero-order chi connectivity index (χ0) is 42.1. The molecule has 5 nitrogen and oxygen atoms in total. The second-order valence-electron chi connectivity index (χ2n) is 17.4. The topological polar surface area (TPSA) is 61.8 Å². The summed E-state index contributed by atoms with van der Waals surface area (Å²) in [6.07, 6.45) is 57.5. The summed E-state index contributed by atoms with van der Waals surface area (Å²) in [6.45, 7) is 7.82. The fraction of sp³-hybridized carbons (Fsp3) is 0.887. The lowest BCUT2D eigenvalue weighted by Crippen LogP contribution is -2.30. The van der Waals surface area contributed by atoms with Crippen molar-refractivity contribution >= 4 is 11.9 Å². The van der Waals surface area contributed by atoms with Crippen molar-refractivity contribution in [3.63, 3.8) is 0 Å². The van der Waals surface area contributed by atoms with E-state index in [1.165, 1.54) is 205 Å². The van der Waals surface area contributed by atoms with Crippen molar-refractivity contribution in [1.29, 1.82) is 0 Å². The minimum Gasteiger partial charge on any atom is -0.462 e. The van der Waals surface area contributed by atoms with E-state index in [0.717, 1.165) is 38.5 Å². The number of esters is 2. The molecule has 0 aliphatic heterocycles. The van der Waals surface area contributed by atoms with Crippen LogP contribution in [0.4, 0.5) is 0 Å². The highest BCUT2D eigenvalue weighted by Crippen LogP contribution is 2.15. The molecule has 0 aromatic rings. The molecule has 0 saturated heterocycles. The average molecular weight is 817 g/mol. The van der Waals surface area contributed by atoms with Crippen molar-refractivity contribution in [2.45, 2.75) is 284 Å². The number of ether oxygens (including phenoxy) is 3. The number of allylic oxidation sites excluding steroid dienone is 4. The number of hydrogen-bond donors (Lipinski definition) is 0. The van der Waals surface area contributed by atoms with Crippen LogP contribution in [0.3, 0.4) is 0 Å². The summed E-state index contributed by atoms with van der Waals surface area (Å²) in [6, 6.07) is 0. The van der Waals surface area contributed by atoms with Crippen molar-refractivity contribution in [3.05, 3.63) is 24.3 Å². The van der Waals surface area contributed by atoms with Crippen molar-refractivity contribution in [3.8, 4) is 0 Å². The highest BCUT2D eigenvalue weighted by Gasteiger charge is 2.17. The monoisotopic (exact) mass is 817 g/mol. The SMILES string of the molecule is CCCC/C=C\CCCCCCCCOCC(COC(=O)CCCCCCCCCCC/C=C\CCCCCCCC)OC(=O)CCCCCCCCCCCCC. The van der Waals surface area contributed by atoms with E-state index < -0.39 is 6.10 Å². The summed E-state index contributed by atoms with van der Waals surface area (Å²) in [5.41, 5.74) is 0. The highest BCUT2D eigenvalue weighted by atomic mass is 16.6. The molecule has 0 aromatic heterocycles. The Labute approximate surface area is 362 Å². The smallest absolute Gasteiger partial charge is 0.306 e. The minimum absolute atomic E-state index is 0.0879. The predicted molar refractivity (Wildman–Crippen MR) is 252 cm³/mol. The van der Waals surface area contributed by atoms with Gasteiger partial charge in [0.2, 0.25) is 0 Å². The van der Waals surface area contributed by atoms with E-state index in [2.05, 4.69) is 45.1 Å². The summed E-state index contributed by atoms with van der Waals surface area (Å²) in [4.78, 5) is 25.3. The predicted octanol–water partition coefficient (Wildman–Crippen LogP) is 17.2. The van der Waals surface area contributed by atoms with Crippen LogP contribution >= 0.6 is 0 Å². The Morgan fingerprint density at radius 2 is 0.690 bits per heavy atom. The van der Waals surface area contributed by atoms with Gasteiger partial charge in [0.15, 0.2) is 6.10 Å². The first kappa shape index (κ1) is 56.4. The van der Waals surface area contributed by atoms with Gasteiger partial charge in [-0.15, -0.1) is 0 Å². The molecule has 0 aliphatic carbocycles. The molecule has 0 aromatic carbocycles. The van der Waals surface area contributed by atoms with Gasteiger partial charge in [0.05, 0.1) is 6.61 Å². The van der Waals surface area contributed by atoms with Gasteiger partial charge in [-0.05, 0) is 64.2 Å². The maximum atomic E-state index is 12.7. The van der Waals surface area contributed by atoms with Gasteiger partial charge < -0.3 is 14.2 Å². The third-order valence-electron chi connectivity index (χ3n) is 11.5. The molecule has 0 spiro atoms. The molecule has 58 heavy (non-hydrogen) atoms. The largest absolute Gasteiger partial charge is 0.462 e. The van der Waals surface area contributed by atoms with Crippen molar-refractivity contribution in [2.24, 2.45) is 0 Å². The van der Waals surface area contributed by atoms with Gasteiger partial charge in [-0.25, -0.2) is 0 Å². The summed E-state index contributed by atoms with van der Waals surface area (Å²) in [5, 5.41) is 0. The molecule has 0 radical (unpaired) electrons. The van der Waals surface area contributed by atoms with E-state index in [1.54, 1.807) is 0 Å². The van der Waals surface area contributed by atoms with Crippen LogP contribution in [0.15, 0.2) is 24.3 Å². The Kier molecular flexibility index (Phi) is 48.4. The lowest BCUT2D eigenvalue weighted by Gasteiger charge is -2.18. The van der Waals surface area contributed by atoms with E-state index >= 15 is 0 Å². The van der Waals surface area contributed by atoms with E-state index in [9.17, 15) is 9.59 Å². The van der Waals surface area contributed by atoms with Gasteiger partial charge in [0, 0.05) is 19.4 Å². The molecule has 5 heteroatoms. The second kappa shape index (κ2) is 49.7. The summed E-state index contributed by atoms with van der Waals surface area (Å²) in [5.74, 6) is -0.389. The second-order valence-corrected chi connectivity index (χ2v) is 17.4. The molecule has 342 valence electrons. The van der Waals surface area contributed by atoms with Crippen LogP contribution in [0, 0.1) is 0 Å². The van der Waals surface area contributed by atoms with Crippen molar-refractivity contribution in [1.82, 2.24) is 0 Å². The third kappa shape index (κ3) is 47.1. The summed E-state index contributed by atoms with van der Waals surface area (Å²) in [7, 11) is 0. The molecule has 0 bridgehead atoms. The Morgan fingerprint density at radius 3 is 1.10 bits per heavy atom. The highest BCUT2D eigenvalue weighted by molar-refractivity contribution is 5.70. The van der Waals surface area contributed by atoms with Crippen LogP contribution in [-0.2, 0) is 23.8 Å². The average Bonchev–Trinajstić information content (AvgIpc) is 3.22. The lowest BCUT2D eigenvalue weighted by molar-refractivity contribution is -0.163. The minimum atomic E-state index is -0.532. The number of carbonyl (C=O) groups excluding carboxylic acids is 2. The Morgan fingerprint density at radius 1 is 0.362 bits per heavy atom. The number of unbranched alkanes of at least 4 members (excludes halogenated alkanes) is 33. The lowest BCUT2D eigenvalue weighted by atomic mass is 10.1. The first-order valence-corrected chi connectivity index (χ1v) is 25.9. The van der Waals surface area contributed by atoms with E-state index in [-0.39, 0.29) is 25.2 Å².